The average molecular weight is 354 g/mol. The maximum atomic E-state index is 12.1. The molecule has 2 aromatic rings. The molecule has 0 amide bonds. The van der Waals surface area contributed by atoms with Crippen LogP contribution in [0.5, 0.6) is 0 Å². The van der Waals surface area contributed by atoms with Crippen molar-refractivity contribution in [2.75, 3.05) is 14.1 Å². The molecule has 0 atom stereocenters. The van der Waals surface area contributed by atoms with Crippen molar-refractivity contribution in [2.24, 2.45) is 0 Å². The van der Waals surface area contributed by atoms with Crippen LogP contribution < -0.4 is 0 Å². The summed E-state index contributed by atoms with van der Waals surface area (Å²) in [6.07, 6.45) is 0. The standard InChI is InChI=1S/C15H18N2O4S2/c1-10-14(22-11(2)16-10)15(18)21-9-12-6-5-7-13(8-12)23(19,20)17(3)4/h5-8H,9H2,1-4H3. The second kappa shape index (κ2) is 6.77. The number of hydrogen-bond acceptors (Lipinski definition) is 6. The molecule has 0 unspecified atom stereocenters. The van der Waals surface area contributed by atoms with Gasteiger partial charge in [0.2, 0.25) is 10.0 Å². The predicted octanol–water partition coefficient (Wildman–Crippen LogP) is 2.37. The van der Waals surface area contributed by atoms with Gasteiger partial charge in [-0.2, -0.15) is 0 Å². The zero-order valence-corrected chi connectivity index (χ0v) is 15.0. The van der Waals surface area contributed by atoms with E-state index in [1.54, 1.807) is 19.1 Å². The summed E-state index contributed by atoms with van der Waals surface area (Å²) in [7, 11) is -0.570. The van der Waals surface area contributed by atoms with Crippen molar-refractivity contribution < 1.29 is 17.9 Å². The van der Waals surface area contributed by atoms with Crippen LogP contribution in [0, 0.1) is 13.8 Å². The van der Waals surface area contributed by atoms with Gasteiger partial charge in [0.15, 0.2) is 0 Å². The van der Waals surface area contributed by atoms with Crippen LogP contribution in [0.3, 0.4) is 0 Å². The van der Waals surface area contributed by atoms with Crippen molar-refractivity contribution >= 4 is 27.3 Å². The van der Waals surface area contributed by atoms with Gasteiger partial charge in [-0.15, -0.1) is 11.3 Å². The SMILES string of the molecule is Cc1nc(C)c(C(=O)OCc2cccc(S(=O)(=O)N(C)C)c2)s1. The minimum Gasteiger partial charge on any atom is -0.457 e. The number of benzene rings is 1. The van der Waals surface area contributed by atoms with Gasteiger partial charge in [-0.3, -0.25) is 0 Å². The Balaban J connectivity index is 2.13. The fourth-order valence-corrected chi connectivity index (χ4v) is 3.73. The van der Waals surface area contributed by atoms with E-state index in [9.17, 15) is 13.2 Å². The van der Waals surface area contributed by atoms with Crippen LogP contribution in [-0.4, -0.2) is 37.8 Å². The minimum absolute atomic E-state index is 0.00596. The second-order valence-electron chi connectivity index (χ2n) is 5.16. The van der Waals surface area contributed by atoms with Gasteiger partial charge in [0, 0.05) is 14.1 Å². The van der Waals surface area contributed by atoms with E-state index in [2.05, 4.69) is 4.98 Å². The molecule has 0 aliphatic rings. The molecule has 1 aromatic heterocycles. The van der Waals surface area contributed by atoms with Crippen LogP contribution >= 0.6 is 11.3 Å². The summed E-state index contributed by atoms with van der Waals surface area (Å²) in [6.45, 7) is 3.58. The number of rotatable bonds is 5. The van der Waals surface area contributed by atoms with Crippen LogP contribution in [0.4, 0.5) is 0 Å². The summed E-state index contributed by atoms with van der Waals surface area (Å²) in [5.74, 6) is -0.450. The van der Waals surface area contributed by atoms with Crippen molar-refractivity contribution in [3.63, 3.8) is 0 Å². The lowest BCUT2D eigenvalue weighted by Gasteiger charge is -2.12. The number of aromatic nitrogens is 1. The fraction of sp³-hybridized carbons (Fsp3) is 0.333. The smallest absolute Gasteiger partial charge is 0.350 e. The molecule has 23 heavy (non-hydrogen) atoms. The number of esters is 1. The number of hydrogen-bond donors (Lipinski definition) is 0. The van der Waals surface area contributed by atoms with Crippen LogP contribution in [0.1, 0.15) is 25.9 Å². The summed E-state index contributed by atoms with van der Waals surface area (Å²) in [5.41, 5.74) is 1.25. The van der Waals surface area contributed by atoms with Crippen LogP contribution in [0.15, 0.2) is 29.2 Å². The molecule has 2 rings (SSSR count). The Bertz CT molecular complexity index is 826. The van der Waals surface area contributed by atoms with E-state index in [0.717, 1.165) is 9.31 Å². The van der Waals surface area contributed by atoms with Gasteiger partial charge in [-0.1, -0.05) is 12.1 Å². The molecule has 0 radical (unpaired) electrons. The average Bonchev–Trinajstić information content (AvgIpc) is 2.83. The lowest BCUT2D eigenvalue weighted by atomic mass is 10.2. The highest BCUT2D eigenvalue weighted by Gasteiger charge is 2.18. The molecule has 0 spiro atoms. The van der Waals surface area contributed by atoms with E-state index in [-0.39, 0.29) is 11.5 Å². The molecule has 0 bridgehead atoms. The third-order valence-electron chi connectivity index (χ3n) is 3.14. The van der Waals surface area contributed by atoms with E-state index in [4.69, 9.17) is 4.74 Å². The first-order valence-corrected chi connectivity index (χ1v) is 9.10. The molecular formula is C15H18N2O4S2. The maximum absolute atomic E-state index is 12.1. The zero-order valence-electron chi connectivity index (χ0n) is 13.4. The summed E-state index contributed by atoms with van der Waals surface area (Å²) >= 11 is 1.28. The first-order valence-electron chi connectivity index (χ1n) is 6.84. The molecule has 0 aliphatic heterocycles. The summed E-state index contributed by atoms with van der Waals surface area (Å²) in [6, 6.07) is 6.36. The molecule has 1 heterocycles. The summed E-state index contributed by atoms with van der Waals surface area (Å²) in [4.78, 5) is 16.9. The highest BCUT2D eigenvalue weighted by Crippen LogP contribution is 2.20. The van der Waals surface area contributed by atoms with E-state index >= 15 is 0 Å². The molecule has 0 aliphatic carbocycles. The number of aryl methyl sites for hydroxylation is 2. The Kier molecular flexibility index (Phi) is 5.18. The van der Waals surface area contributed by atoms with Crippen LogP contribution in [0.25, 0.3) is 0 Å². The highest BCUT2D eigenvalue weighted by atomic mass is 32.2. The number of carbonyl (C=O) groups excluding carboxylic acids is 1. The monoisotopic (exact) mass is 354 g/mol. The molecule has 8 heteroatoms. The molecule has 0 N–H and O–H groups in total. The molecule has 0 saturated heterocycles. The summed E-state index contributed by atoms with van der Waals surface area (Å²) in [5, 5.41) is 0.800. The molecule has 6 nitrogen and oxygen atoms in total. The Morgan fingerprint density at radius 2 is 2.00 bits per heavy atom. The molecule has 124 valence electrons. The van der Waals surface area contributed by atoms with E-state index in [1.165, 1.54) is 37.6 Å². The van der Waals surface area contributed by atoms with E-state index in [1.807, 2.05) is 6.92 Å². The van der Waals surface area contributed by atoms with Gasteiger partial charge in [-0.05, 0) is 31.5 Å². The quantitative estimate of drug-likeness (QED) is 0.771. The zero-order chi connectivity index (χ0) is 17.2. The lowest BCUT2D eigenvalue weighted by Crippen LogP contribution is -2.22. The Hall–Kier alpha value is -1.77. The summed E-state index contributed by atoms with van der Waals surface area (Å²) < 4.78 is 30.6. The van der Waals surface area contributed by atoms with Crippen molar-refractivity contribution in [3.05, 3.63) is 45.4 Å². The fourth-order valence-electron chi connectivity index (χ4n) is 1.94. The number of carbonyl (C=O) groups is 1. The van der Waals surface area contributed by atoms with Gasteiger partial charge in [0.05, 0.1) is 15.6 Å². The molecule has 1 aromatic carbocycles. The van der Waals surface area contributed by atoms with Crippen molar-refractivity contribution in [3.8, 4) is 0 Å². The Labute approximate surface area is 139 Å². The Morgan fingerprint density at radius 3 is 2.57 bits per heavy atom. The van der Waals surface area contributed by atoms with Crippen molar-refractivity contribution in [2.45, 2.75) is 25.3 Å². The number of thiazole rings is 1. The topological polar surface area (TPSA) is 76.6 Å². The van der Waals surface area contributed by atoms with Gasteiger partial charge in [-0.25, -0.2) is 22.5 Å². The number of ether oxygens (including phenoxy) is 1. The largest absolute Gasteiger partial charge is 0.457 e. The predicted molar refractivity (Wildman–Crippen MR) is 88.0 cm³/mol. The van der Waals surface area contributed by atoms with Gasteiger partial charge in [0.25, 0.3) is 0 Å². The van der Waals surface area contributed by atoms with Crippen LogP contribution in [-0.2, 0) is 21.4 Å². The van der Waals surface area contributed by atoms with Gasteiger partial charge in [0.1, 0.15) is 11.5 Å². The van der Waals surface area contributed by atoms with Gasteiger partial charge < -0.3 is 4.74 Å². The lowest BCUT2D eigenvalue weighted by molar-refractivity contribution is 0.0477. The van der Waals surface area contributed by atoms with E-state index in [0.29, 0.717) is 16.1 Å². The third-order valence-corrected chi connectivity index (χ3v) is 6.00. The highest BCUT2D eigenvalue weighted by molar-refractivity contribution is 7.89. The van der Waals surface area contributed by atoms with Crippen molar-refractivity contribution in [1.29, 1.82) is 0 Å². The molecule has 0 fully saturated rings. The second-order valence-corrected chi connectivity index (χ2v) is 8.51. The molecule has 0 saturated carbocycles. The number of sulfonamides is 1. The molecular weight excluding hydrogens is 336 g/mol. The minimum atomic E-state index is -3.51. The maximum Gasteiger partial charge on any atom is 0.350 e. The van der Waals surface area contributed by atoms with E-state index < -0.39 is 16.0 Å². The number of nitrogens with zero attached hydrogens (tertiary/aromatic N) is 2. The third kappa shape index (κ3) is 3.95. The Morgan fingerprint density at radius 1 is 1.30 bits per heavy atom. The van der Waals surface area contributed by atoms with Crippen LogP contribution in [0.2, 0.25) is 0 Å². The first kappa shape index (κ1) is 17.6. The first-order chi connectivity index (χ1) is 10.7. The van der Waals surface area contributed by atoms with Crippen molar-refractivity contribution in [1.82, 2.24) is 9.29 Å². The normalized spacial score (nSPS) is 11.7. The van der Waals surface area contributed by atoms with Gasteiger partial charge >= 0.3 is 5.97 Å².